The molecule has 0 fully saturated rings. The molecule has 0 radical (unpaired) electrons. The van der Waals surface area contributed by atoms with Crippen LogP contribution in [-0.2, 0) is 0 Å². The molecule has 88 valence electrons. The van der Waals surface area contributed by atoms with Crippen molar-refractivity contribution in [3.05, 3.63) is 0 Å². The Morgan fingerprint density at radius 1 is 1.44 bits per heavy atom. The Bertz CT molecular complexity index is 384. The van der Waals surface area contributed by atoms with Gasteiger partial charge in [0.15, 0.2) is 14.6 Å². The van der Waals surface area contributed by atoms with Crippen LogP contribution in [-0.4, -0.2) is 28.4 Å². The van der Waals surface area contributed by atoms with Crippen molar-refractivity contribution in [1.29, 1.82) is 5.26 Å². The number of nitrogens with zero attached hydrogens (tertiary/aromatic N) is 3. The van der Waals surface area contributed by atoms with E-state index in [1.54, 1.807) is 0 Å². The minimum absolute atomic E-state index is 0.344. The number of alkyl halides is 3. The van der Waals surface area contributed by atoms with Crippen LogP contribution in [0.3, 0.4) is 0 Å². The number of hydrogen-bond donors (Lipinski definition) is 0. The summed E-state index contributed by atoms with van der Waals surface area (Å²) in [6.45, 7) is 0. The zero-order valence-corrected chi connectivity index (χ0v) is 10.4. The lowest BCUT2D eigenvalue weighted by atomic mass is 10.2. The predicted octanol–water partition coefficient (Wildman–Crippen LogP) is 3.05. The Hall–Kier alpha value is -0.460. The molecule has 0 bridgehead atoms. The van der Waals surface area contributed by atoms with Crippen molar-refractivity contribution in [2.45, 2.75) is 14.9 Å². The van der Waals surface area contributed by atoms with Gasteiger partial charge in [0.05, 0.1) is 6.07 Å². The van der Waals surface area contributed by atoms with Crippen LogP contribution >= 0.6 is 34.9 Å². The van der Waals surface area contributed by atoms with Crippen LogP contribution in [0.5, 0.6) is 0 Å². The third kappa shape index (κ3) is 3.84. The summed E-state index contributed by atoms with van der Waals surface area (Å²) in [4.78, 5) is 0. The lowest BCUT2D eigenvalue weighted by Crippen LogP contribution is -2.23. The zero-order valence-electron chi connectivity index (χ0n) is 7.98. The van der Waals surface area contributed by atoms with Crippen LogP contribution in [0.15, 0.2) is 8.68 Å². The van der Waals surface area contributed by atoms with Gasteiger partial charge in [0.2, 0.25) is 0 Å². The SMILES string of the molecule is CSc1nnc(SCC(C#N)C(F)(F)F)s1. The van der Waals surface area contributed by atoms with Crippen molar-refractivity contribution in [3.63, 3.8) is 0 Å². The summed E-state index contributed by atoms with van der Waals surface area (Å²) in [6.07, 6.45) is -2.67. The molecule has 9 heteroatoms. The fraction of sp³-hybridized carbons (Fsp3) is 0.571. The molecular formula is C7H6F3N3S3. The van der Waals surface area contributed by atoms with E-state index in [4.69, 9.17) is 5.26 Å². The summed E-state index contributed by atoms with van der Waals surface area (Å²) in [7, 11) is 0. The van der Waals surface area contributed by atoms with Crippen molar-refractivity contribution >= 4 is 34.9 Å². The maximum atomic E-state index is 12.2. The summed E-state index contributed by atoms with van der Waals surface area (Å²) in [5.74, 6) is -2.30. The van der Waals surface area contributed by atoms with Crippen LogP contribution in [0.1, 0.15) is 0 Å². The van der Waals surface area contributed by atoms with E-state index in [0.717, 1.165) is 11.8 Å². The van der Waals surface area contributed by atoms with Gasteiger partial charge in [0.25, 0.3) is 0 Å². The highest BCUT2D eigenvalue weighted by molar-refractivity contribution is 8.02. The second-order valence-corrected chi connectivity index (χ2v) is 5.87. The number of nitriles is 1. The molecule has 0 saturated heterocycles. The molecule has 0 aliphatic carbocycles. The monoisotopic (exact) mass is 285 g/mol. The highest BCUT2D eigenvalue weighted by atomic mass is 32.2. The molecule has 1 aromatic rings. The highest BCUT2D eigenvalue weighted by Crippen LogP contribution is 2.33. The number of aromatic nitrogens is 2. The van der Waals surface area contributed by atoms with Gasteiger partial charge in [-0.25, -0.2) is 0 Å². The zero-order chi connectivity index (χ0) is 12.2. The third-order valence-electron chi connectivity index (χ3n) is 1.49. The lowest BCUT2D eigenvalue weighted by Gasteiger charge is -2.10. The molecule has 1 rings (SSSR count). The van der Waals surface area contributed by atoms with Gasteiger partial charge >= 0.3 is 6.18 Å². The second kappa shape index (κ2) is 5.75. The minimum atomic E-state index is -4.48. The fourth-order valence-electron chi connectivity index (χ4n) is 0.698. The molecule has 1 heterocycles. The minimum Gasteiger partial charge on any atom is -0.198 e. The van der Waals surface area contributed by atoms with E-state index < -0.39 is 12.1 Å². The van der Waals surface area contributed by atoms with Gasteiger partial charge in [0.1, 0.15) is 0 Å². The molecule has 0 aliphatic heterocycles. The Labute approximate surface area is 102 Å². The molecule has 0 aromatic carbocycles. The fourth-order valence-corrected chi connectivity index (χ4v) is 3.21. The van der Waals surface area contributed by atoms with Gasteiger partial charge < -0.3 is 0 Å². The van der Waals surface area contributed by atoms with Gasteiger partial charge in [-0.15, -0.1) is 10.2 Å². The van der Waals surface area contributed by atoms with Crippen LogP contribution in [0, 0.1) is 17.2 Å². The van der Waals surface area contributed by atoms with E-state index in [2.05, 4.69) is 10.2 Å². The topological polar surface area (TPSA) is 49.6 Å². The van der Waals surface area contributed by atoms with Crippen molar-refractivity contribution < 1.29 is 13.2 Å². The Kier molecular flexibility index (Phi) is 4.89. The first kappa shape index (κ1) is 13.6. The van der Waals surface area contributed by atoms with Crippen LogP contribution in [0.4, 0.5) is 13.2 Å². The second-order valence-electron chi connectivity index (χ2n) is 2.57. The molecule has 16 heavy (non-hydrogen) atoms. The van der Waals surface area contributed by atoms with E-state index in [1.807, 2.05) is 6.26 Å². The van der Waals surface area contributed by atoms with E-state index in [9.17, 15) is 13.2 Å². The summed E-state index contributed by atoms with van der Waals surface area (Å²) in [6, 6.07) is 1.24. The summed E-state index contributed by atoms with van der Waals surface area (Å²) in [5, 5.41) is 15.8. The lowest BCUT2D eigenvalue weighted by molar-refractivity contribution is -0.152. The summed E-state index contributed by atoms with van der Waals surface area (Å²) < 4.78 is 37.8. The van der Waals surface area contributed by atoms with Crippen molar-refractivity contribution in [2.24, 2.45) is 5.92 Å². The molecule has 0 saturated carbocycles. The number of halogens is 3. The van der Waals surface area contributed by atoms with Gasteiger partial charge in [-0.05, 0) is 6.26 Å². The van der Waals surface area contributed by atoms with Crippen LogP contribution in [0.2, 0.25) is 0 Å². The molecule has 0 amide bonds. The Morgan fingerprint density at radius 3 is 2.50 bits per heavy atom. The average molecular weight is 285 g/mol. The standard InChI is InChI=1S/C7H6F3N3S3/c1-14-5-12-13-6(16-5)15-3-4(2-11)7(8,9)10/h4H,3H2,1H3. The maximum absolute atomic E-state index is 12.2. The van der Waals surface area contributed by atoms with E-state index in [1.165, 1.54) is 29.2 Å². The van der Waals surface area contributed by atoms with E-state index in [-0.39, 0.29) is 5.75 Å². The molecule has 0 N–H and O–H groups in total. The van der Waals surface area contributed by atoms with Gasteiger partial charge in [0, 0.05) is 5.75 Å². The first-order valence-electron chi connectivity index (χ1n) is 3.94. The van der Waals surface area contributed by atoms with Crippen molar-refractivity contribution in [3.8, 4) is 6.07 Å². The molecule has 3 nitrogen and oxygen atoms in total. The number of thioether (sulfide) groups is 2. The summed E-state index contributed by atoms with van der Waals surface area (Å²) >= 11 is 3.51. The largest absolute Gasteiger partial charge is 0.405 e. The normalized spacial score (nSPS) is 13.4. The van der Waals surface area contributed by atoms with E-state index in [0.29, 0.717) is 8.68 Å². The molecule has 1 aromatic heterocycles. The number of rotatable bonds is 4. The summed E-state index contributed by atoms with van der Waals surface area (Å²) in [5.41, 5.74) is 0. The van der Waals surface area contributed by atoms with Gasteiger partial charge in [-0.2, -0.15) is 18.4 Å². The van der Waals surface area contributed by atoms with Gasteiger partial charge in [-0.1, -0.05) is 34.9 Å². The Balaban J connectivity index is 2.54. The molecular weight excluding hydrogens is 279 g/mol. The first-order valence-corrected chi connectivity index (χ1v) is 6.96. The molecule has 1 unspecified atom stereocenters. The number of hydrogen-bond acceptors (Lipinski definition) is 6. The van der Waals surface area contributed by atoms with Gasteiger partial charge in [-0.3, -0.25) is 0 Å². The first-order chi connectivity index (χ1) is 7.47. The predicted molar refractivity (Wildman–Crippen MR) is 57.6 cm³/mol. The average Bonchev–Trinajstić information content (AvgIpc) is 2.64. The quantitative estimate of drug-likeness (QED) is 0.796. The van der Waals surface area contributed by atoms with Crippen LogP contribution < -0.4 is 0 Å². The molecule has 1 atom stereocenters. The highest BCUT2D eigenvalue weighted by Gasteiger charge is 2.39. The van der Waals surface area contributed by atoms with Crippen LogP contribution in [0.25, 0.3) is 0 Å². The molecule has 0 aliphatic rings. The Morgan fingerprint density at radius 2 is 2.06 bits per heavy atom. The maximum Gasteiger partial charge on any atom is 0.405 e. The third-order valence-corrected chi connectivity index (χ3v) is 4.61. The smallest absolute Gasteiger partial charge is 0.198 e. The van der Waals surface area contributed by atoms with E-state index >= 15 is 0 Å². The van der Waals surface area contributed by atoms with Crippen molar-refractivity contribution in [1.82, 2.24) is 10.2 Å². The molecule has 0 spiro atoms. The van der Waals surface area contributed by atoms with Crippen molar-refractivity contribution in [2.75, 3.05) is 12.0 Å².